The Bertz CT molecular complexity index is 826. The second-order valence-electron chi connectivity index (χ2n) is 8.33. The van der Waals surface area contributed by atoms with Gasteiger partial charge in [0.25, 0.3) is 5.91 Å². The topological polar surface area (TPSA) is 70.7 Å². The summed E-state index contributed by atoms with van der Waals surface area (Å²) in [6, 6.07) is 14.7. The van der Waals surface area contributed by atoms with E-state index in [0.29, 0.717) is 23.8 Å². The fourth-order valence-electron chi connectivity index (χ4n) is 3.20. The van der Waals surface area contributed by atoms with Crippen LogP contribution in [0.25, 0.3) is 0 Å². The van der Waals surface area contributed by atoms with Crippen molar-refractivity contribution in [2.45, 2.75) is 47.0 Å². The van der Waals surface area contributed by atoms with E-state index in [0.717, 1.165) is 43.8 Å². The van der Waals surface area contributed by atoms with Gasteiger partial charge in [0.1, 0.15) is 5.75 Å². The molecular formula is C26H37N3O3. The molecule has 174 valence electrons. The predicted molar refractivity (Wildman–Crippen MR) is 131 cm³/mol. The number of nitrogens with one attached hydrogen (secondary N) is 2. The molecule has 6 nitrogen and oxygen atoms in total. The Balaban J connectivity index is 1.81. The Hall–Kier alpha value is -3.02. The molecule has 2 aromatic rings. The van der Waals surface area contributed by atoms with Gasteiger partial charge in [-0.2, -0.15) is 0 Å². The zero-order valence-corrected chi connectivity index (χ0v) is 19.8. The molecule has 0 bridgehead atoms. The van der Waals surface area contributed by atoms with Crippen molar-refractivity contribution < 1.29 is 14.3 Å². The Morgan fingerprint density at radius 1 is 0.906 bits per heavy atom. The van der Waals surface area contributed by atoms with E-state index in [9.17, 15) is 9.59 Å². The number of carbonyl (C=O) groups excluding carboxylic acids is 2. The average molecular weight is 440 g/mol. The zero-order chi connectivity index (χ0) is 23.3. The summed E-state index contributed by atoms with van der Waals surface area (Å²) in [5, 5.41) is 5.97. The SMILES string of the molecule is CCCN(CCC)C(=O)c1ccc(NC(=O)CNc2ccc(OCCC(C)C)cc2)cc1. The van der Waals surface area contributed by atoms with E-state index in [2.05, 4.69) is 38.3 Å². The number of hydrogen-bond acceptors (Lipinski definition) is 4. The number of rotatable bonds is 13. The van der Waals surface area contributed by atoms with Crippen LogP contribution >= 0.6 is 0 Å². The van der Waals surface area contributed by atoms with Crippen LogP contribution in [-0.4, -0.2) is 43.0 Å². The smallest absolute Gasteiger partial charge is 0.253 e. The van der Waals surface area contributed by atoms with E-state index in [-0.39, 0.29) is 18.4 Å². The zero-order valence-electron chi connectivity index (χ0n) is 19.8. The van der Waals surface area contributed by atoms with Crippen LogP contribution in [0, 0.1) is 5.92 Å². The molecule has 0 saturated carbocycles. The lowest BCUT2D eigenvalue weighted by atomic mass is 10.1. The highest BCUT2D eigenvalue weighted by molar-refractivity contribution is 5.96. The Morgan fingerprint density at radius 2 is 1.50 bits per heavy atom. The molecule has 2 rings (SSSR count). The molecule has 2 amide bonds. The lowest BCUT2D eigenvalue weighted by Crippen LogP contribution is -2.32. The van der Waals surface area contributed by atoms with Crippen LogP contribution in [0.15, 0.2) is 48.5 Å². The maximum Gasteiger partial charge on any atom is 0.253 e. The largest absolute Gasteiger partial charge is 0.494 e. The van der Waals surface area contributed by atoms with Crippen molar-refractivity contribution in [2.24, 2.45) is 5.92 Å². The van der Waals surface area contributed by atoms with E-state index in [1.54, 1.807) is 24.3 Å². The monoisotopic (exact) mass is 439 g/mol. The van der Waals surface area contributed by atoms with Crippen LogP contribution in [0.1, 0.15) is 57.3 Å². The first kappa shape index (κ1) is 25.2. The molecule has 0 spiro atoms. The number of amides is 2. The third-order valence-electron chi connectivity index (χ3n) is 4.96. The third kappa shape index (κ3) is 8.61. The van der Waals surface area contributed by atoms with Gasteiger partial charge in [-0.15, -0.1) is 0 Å². The first-order chi connectivity index (χ1) is 15.4. The van der Waals surface area contributed by atoms with Gasteiger partial charge in [-0.25, -0.2) is 0 Å². The van der Waals surface area contributed by atoms with Gasteiger partial charge < -0.3 is 20.3 Å². The molecule has 0 aliphatic carbocycles. The molecule has 0 aromatic heterocycles. The molecule has 0 fully saturated rings. The minimum absolute atomic E-state index is 0.0323. The molecule has 2 N–H and O–H groups in total. The maximum absolute atomic E-state index is 12.6. The molecule has 0 atom stereocenters. The molecule has 32 heavy (non-hydrogen) atoms. The van der Waals surface area contributed by atoms with Crippen LogP contribution in [0.5, 0.6) is 5.75 Å². The summed E-state index contributed by atoms with van der Waals surface area (Å²) in [7, 11) is 0. The van der Waals surface area contributed by atoms with Crippen molar-refractivity contribution >= 4 is 23.2 Å². The minimum Gasteiger partial charge on any atom is -0.494 e. The van der Waals surface area contributed by atoms with Gasteiger partial charge in [-0.05, 0) is 73.7 Å². The lowest BCUT2D eigenvalue weighted by molar-refractivity contribution is -0.114. The van der Waals surface area contributed by atoms with Crippen LogP contribution in [0.3, 0.4) is 0 Å². The first-order valence-corrected chi connectivity index (χ1v) is 11.6. The summed E-state index contributed by atoms with van der Waals surface area (Å²) in [5.41, 5.74) is 2.16. The van der Waals surface area contributed by atoms with Gasteiger partial charge in [0.05, 0.1) is 13.2 Å². The van der Waals surface area contributed by atoms with Crippen LogP contribution in [-0.2, 0) is 4.79 Å². The summed E-state index contributed by atoms with van der Waals surface area (Å²) in [6.45, 7) is 10.8. The summed E-state index contributed by atoms with van der Waals surface area (Å²) >= 11 is 0. The Morgan fingerprint density at radius 3 is 2.06 bits per heavy atom. The van der Waals surface area contributed by atoms with E-state index >= 15 is 0 Å². The highest BCUT2D eigenvalue weighted by atomic mass is 16.5. The van der Waals surface area contributed by atoms with E-state index in [4.69, 9.17) is 4.74 Å². The van der Waals surface area contributed by atoms with E-state index < -0.39 is 0 Å². The number of benzene rings is 2. The molecule has 0 aliphatic rings. The number of anilines is 2. The number of hydrogen-bond donors (Lipinski definition) is 2. The molecular weight excluding hydrogens is 402 g/mol. The number of ether oxygens (including phenoxy) is 1. The quantitative estimate of drug-likeness (QED) is 0.437. The van der Waals surface area contributed by atoms with Crippen LogP contribution < -0.4 is 15.4 Å². The first-order valence-electron chi connectivity index (χ1n) is 11.6. The molecule has 0 aliphatic heterocycles. The van der Waals surface area contributed by atoms with Gasteiger partial charge in [-0.3, -0.25) is 9.59 Å². The standard InChI is InChI=1S/C26H37N3O3/c1-5-16-29(17-6-2)26(31)21-7-9-23(10-8-21)28-25(30)19-27-22-11-13-24(14-12-22)32-18-15-20(3)4/h7-14,20,27H,5-6,15-19H2,1-4H3,(H,28,30). The summed E-state index contributed by atoms with van der Waals surface area (Å²) in [5.74, 6) is 1.32. The number of carbonyl (C=O) groups is 2. The maximum atomic E-state index is 12.6. The summed E-state index contributed by atoms with van der Waals surface area (Å²) < 4.78 is 5.71. The van der Waals surface area contributed by atoms with Gasteiger partial charge >= 0.3 is 0 Å². The molecule has 0 unspecified atom stereocenters. The van der Waals surface area contributed by atoms with Crippen molar-refractivity contribution in [3.05, 3.63) is 54.1 Å². The average Bonchev–Trinajstić information content (AvgIpc) is 2.78. The van der Waals surface area contributed by atoms with Crippen LogP contribution in [0.2, 0.25) is 0 Å². The van der Waals surface area contributed by atoms with Crippen LogP contribution in [0.4, 0.5) is 11.4 Å². The van der Waals surface area contributed by atoms with Crippen molar-refractivity contribution in [1.82, 2.24) is 4.90 Å². The minimum atomic E-state index is -0.153. The van der Waals surface area contributed by atoms with Gasteiger partial charge in [0.15, 0.2) is 0 Å². The molecule has 6 heteroatoms. The van der Waals surface area contributed by atoms with Crippen molar-refractivity contribution in [3.63, 3.8) is 0 Å². The van der Waals surface area contributed by atoms with Gasteiger partial charge in [0, 0.05) is 30.0 Å². The Labute approximate surface area is 192 Å². The van der Waals surface area contributed by atoms with Crippen molar-refractivity contribution in [2.75, 3.05) is 36.9 Å². The van der Waals surface area contributed by atoms with Gasteiger partial charge in [-0.1, -0.05) is 27.7 Å². The molecule has 0 heterocycles. The molecule has 0 saturated heterocycles. The summed E-state index contributed by atoms with van der Waals surface area (Å²) in [6.07, 6.45) is 2.88. The lowest BCUT2D eigenvalue weighted by Gasteiger charge is -2.21. The molecule has 0 radical (unpaired) electrons. The van der Waals surface area contributed by atoms with Crippen molar-refractivity contribution in [1.29, 1.82) is 0 Å². The Kier molecular flexibility index (Phi) is 10.6. The van der Waals surface area contributed by atoms with Crippen molar-refractivity contribution in [3.8, 4) is 5.75 Å². The number of nitrogens with zero attached hydrogens (tertiary/aromatic N) is 1. The summed E-state index contributed by atoms with van der Waals surface area (Å²) in [4.78, 5) is 26.8. The highest BCUT2D eigenvalue weighted by Crippen LogP contribution is 2.17. The fraction of sp³-hybridized carbons (Fsp3) is 0.462. The fourth-order valence-corrected chi connectivity index (χ4v) is 3.20. The van der Waals surface area contributed by atoms with Gasteiger partial charge in [0.2, 0.25) is 5.91 Å². The highest BCUT2D eigenvalue weighted by Gasteiger charge is 2.14. The van der Waals surface area contributed by atoms with E-state index in [1.807, 2.05) is 29.2 Å². The second-order valence-corrected chi connectivity index (χ2v) is 8.33. The third-order valence-corrected chi connectivity index (χ3v) is 4.96. The molecule has 2 aromatic carbocycles. The normalized spacial score (nSPS) is 10.7. The van der Waals surface area contributed by atoms with E-state index in [1.165, 1.54) is 0 Å². The second kappa shape index (κ2) is 13.4. The predicted octanol–water partition coefficient (Wildman–Crippen LogP) is 5.42.